The van der Waals surface area contributed by atoms with Gasteiger partial charge in [-0.05, 0) is 25.8 Å². The quantitative estimate of drug-likeness (QED) is 0.873. The topological polar surface area (TPSA) is 44.7 Å². The van der Waals surface area contributed by atoms with E-state index in [1.54, 1.807) is 0 Å². The first kappa shape index (κ1) is 16.9. The number of ether oxygens (including phenoxy) is 1. The summed E-state index contributed by atoms with van der Waals surface area (Å²) in [4.78, 5) is 2.55. The van der Waals surface area contributed by atoms with Gasteiger partial charge in [-0.2, -0.15) is 0 Å². The summed E-state index contributed by atoms with van der Waals surface area (Å²) in [5, 5.41) is 14.2. The molecule has 0 aromatic heterocycles. The molecular weight excluding hydrogens is 288 g/mol. The Bertz CT molecular complexity index is 497. The van der Waals surface area contributed by atoms with E-state index < -0.39 is 5.60 Å². The lowest BCUT2D eigenvalue weighted by atomic mass is 9.93. The second-order valence-electron chi connectivity index (χ2n) is 7.80. The van der Waals surface area contributed by atoms with E-state index in [0.717, 1.165) is 32.4 Å². The molecular formula is C19H30N2O2. The monoisotopic (exact) mass is 318 g/mol. The van der Waals surface area contributed by atoms with Gasteiger partial charge in [0.2, 0.25) is 0 Å². The fourth-order valence-electron chi connectivity index (χ4n) is 3.79. The molecule has 3 rings (SSSR count). The maximum absolute atomic E-state index is 10.6. The highest BCUT2D eigenvalue weighted by molar-refractivity contribution is 5.15. The van der Waals surface area contributed by atoms with Gasteiger partial charge in [-0.1, -0.05) is 30.3 Å². The minimum atomic E-state index is -0.588. The normalized spacial score (nSPS) is 27.2. The van der Waals surface area contributed by atoms with Crippen molar-refractivity contribution in [3.8, 4) is 0 Å². The Kier molecular flexibility index (Phi) is 5.07. The van der Waals surface area contributed by atoms with Gasteiger partial charge in [-0.3, -0.25) is 4.90 Å². The third kappa shape index (κ3) is 4.32. The zero-order valence-corrected chi connectivity index (χ0v) is 14.4. The first-order valence-corrected chi connectivity index (χ1v) is 8.79. The third-order valence-electron chi connectivity index (χ3n) is 5.40. The van der Waals surface area contributed by atoms with Crippen LogP contribution in [0, 0.1) is 0 Å². The Morgan fingerprint density at radius 3 is 2.61 bits per heavy atom. The molecule has 0 radical (unpaired) electrons. The summed E-state index contributed by atoms with van der Waals surface area (Å²) >= 11 is 0. The highest BCUT2D eigenvalue weighted by Gasteiger charge is 2.39. The number of rotatable bonds is 5. The number of hydrogen-bond acceptors (Lipinski definition) is 4. The lowest BCUT2D eigenvalue weighted by Gasteiger charge is -2.33. The van der Waals surface area contributed by atoms with Gasteiger partial charge in [-0.25, -0.2) is 0 Å². The van der Waals surface area contributed by atoms with Gasteiger partial charge in [0.25, 0.3) is 0 Å². The minimum absolute atomic E-state index is 0.186. The molecule has 0 saturated carbocycles. The molecule has 2 aliphatic rings. The zero-order valence-electron chi connectivity index (χ0n) is 14.4. The first-order chi connectivity index (χ1) is 11.0. The third-order valence-corrected chi connectivity index (χ3v) is 5.40. The van der Waals surface area contributed by atoms with Crippen molar-refractivity contribution in [2.24, 2.45) is 0 Å². The summed E-state index contributed by atoms with van der Waals surface area (Å²) in [5.74, 6) is 0. The molecule has 23 heavy (non-hydrogen) atoms. The van der Waals surface area contributed by atoms with Crippen LogP contribution < -0.4 is 5.32 Å². The van der Waals surface area contributed by atoms with E-state index in [1.165, 1.54) is 5.56 Å². The van der Waals surface area contributed by atoms with Crippen molar-refractivity contribution >= 4 is 0 Å². The summed E-state index contributed by atoms with van der Waals surface area (Å²) in [7, 11) is 0. The molecule has 1 aromatic carbocycles. The molecule has 0 amide bonds. The predicted molar refractivity (Wildman–Crippen MR) is 92.3 cm³/mol. The van der Waals surface area contributed by atoms with Crippen LogP contribution in [-0.2, 0) is 11.3 Å². The largest absolute Gasteiger partial charge is 0.388 e. The summed E-state index contributed by atoms with van der Waals surface area (Å²) in [6.07, 6.45) is 2.60. The van der Waals surface area contributed by atoms with Crippen molar-refractivity contribution in [3.63, 3.8) is 0 Å². The SMILES string of the molecule is CC1(C)CC(NCC2(O)CCOCC2)CN1Cc1ccccc1. The summed E-state index contributed by atoms with van der Waals surface area (Å²) in [5.41, 5.74) is 0.963. The van der Waals surface area contributed by atoms with E-state index in [-0.39, 0.29) is 5.54 Å². The van der Waals surface area contributed by atoms with Crippen molar-refractivity contribution < 1.29 is 9.84 Å². The molecule has 2 saturated heterocycles. The average Bonchev–Trinajstić information content (AvgIpc) is 2.82. The Labute approximate surface area is 139 Å². The lowest BCUT2D eigenvalue weighted by Crippen LogP contribution is -2.48. The molecule has 1 atom stereocenters. The lowest BCUT2D eigenvalue weighted by molar-refractivity contribution is -0.0626. The van der Waals surface area contributed by atoms with Gasteiger partial charge in [0.15, 0.2) is 0 Å². The molecule has 0 aliphatic carbocycles. The number of nitrogens with zero attached hydrogens (tertiary/aromatic N) is 1. The van der Waals surface area contributed by atoms with Crippen LogP contribution in [0.2, 0.25) is 0 Å². The van der Waals surface area contributed by atoms with Gasteiger partial charge in [-0.15, -0.1) is 0 Å². The van der Waals surface area contributed by atoms with Gasteiger partial charge in [0, 0.05) is 57.3 Å². The summed E-state index contributed by atoms with van der Waals surface area (Å²) in [6.45, 7) is 8.69. The predicted octanol–water partition coefficient (Wildman–Crippen LogP) is 2.17. The van der Waals surface area contributed by atoms with E-state index >= 15 is 0 Å². The van der Waals surface area contributed by atoms with Gasteiger partial charge < -0.3 is 15.2 Å². The van der Waals surface area contributed by atoms with Crippen LogP contribution in [0.3, 0.4) is 0 Å². The summed E-state index contributed by atoms with van der Waals surface area (Å²) in [6, 6.07) is 11.1. The maximum atomic E-state index is 10.6. The van der Waals surface area contributed by atoms with Crippen LogP contribution in [0.25, 0.3) is 0 Å². The molecule has 1 unspecified atom stereocenters. The second-order valence-corrected chi connectivity index (χ2v) is 7.80. The van der Waals surface area contributed by atoms with Crippen molar-refractivity contribution in [1.82, 2.24) is 10.2 Å². The fourth-order valence-corrected chi connectivity index (χ4v) is 3.79. The van der Waals surface area contributed by atoms with E-state index in [9.17, 15) is 5.11 Å². The van der Waals surface area contributed by atoms with Crippen LogP contribution in [0.5, 0.6) is 0 Å². The molecule has 4 heteroatoms. The molecule has 4 nitrogen and oxygen atoms in total. The highest BCUT2D eigenvalue weighted by Crippen LogP contribution is 2.31. The van der Waals surface area contributed by atoms with Crippen LogP contribution in [0.1, 0.15) is 38.7 Å². The number of aliphatic hydroxyl groups is 1. The molecule has 128 valence electrons. The van der Waals surface area contributed by atoms with Crippen molar-refractivity contribution in [1.29, 1.82) is 0 Å². The van der Waals surface area contributed by atoms with Gasteiger partial charge >= 0.3 is 0 Å². The fraction of sp³-hybridized carbons (Fsp3) is 0.684. The van der Waals surface area contributed by atoms with Crippen LogP contribution >= 0.6 is 0 Å². The molecule has 0 spiro atoms. The highest BCUT2D eigenvalue weighted by atomic mass is 16.5. The molecule has 1 aromatic rings. The molecule has 2 fully saturated rings. The first-order valence-electron chi connectivity index (χ1n) is 8.79. The van der Waals surface area contributed by atoms with E-state index in [0.29, 0.717) is 25.8 Å². The molecule has 2 N–H and O–H groups in total. The van der Waals surface area contributed by atoms with Crippen molar-refractivity contribution in [2.45, 2.75) is 56.8 Å². The summed E-state index contributed by atoms with van der Waals surface area (Å²) < 4.78 is 5.36. The number of likely N-dealkylation sites (tertiary alicyclic amines) is 1. The maximum Gasteiger partial charge on any atom is 0.0815 e. The number of benzene rings is 1. The van der Waals surface area contributed by atoms with Gasteiger partial charge in [0.05, 0.1) is 5.60 Å². The number of hydrogen-bond donors (Lipinski definition) is 2. The average molecular weight is 318 g/mol. The van der Waals surface area contributed by atoms with E-state index in [2.05, 4.69) is 54.4 Å². The van der Waals surface area contributed by atoms with Crippen LogP contribution in [-0.4, -0.2) is 53.5 Å². The Morgan fingerprint density at radius 1 is 1.22 bits per heavy atom. The smallest absolute Gasteiger partial charge is 0.0815 e. The number of nitrogens with one attached hydrogen (secondary N) is 1. The van der Waals surface area contributed by atoms with E-state index in [1.807, 2.05) is 0 Å². The second kappa shape index (κ2) is 6.89. The Balaban J connectivity index is 1.54. The molecule has 2 heterocycles. The van der Waals surface area contributed by atoms with E-state index in [4.69, 9.17) is 4.74 Å². The van der Waals surface area contributed by atoms with Crippen LogP contribution in [0.15, 0.2) is 30.3 Å². The minimum Gasteiger partial charge on any atom is -0.388 e. The van der Waals surface area contributed by atoms with Crippen molar-refractivity contribution in [3.05, 3.63) is 35.9 Å². The Hall–Kier alpha value is -0.940. The standard InChI is InChI=1S/C19H30N2O2/c1-18(2)12-17(20-15-19(22)8-10-23-11-9-19)14-21(18)13-16-6-4-3-5-7-16/h3-7,17,20,22H,8-15H2,1-2H3. The molecule has 2 aliphatic heterocycles. The van der Waals surface area contributed by atoms with Gasteiger partial charge in [0.1, 0.15) is 0 Å². The Morgan fingerprint density at radius 2 is 1.91 bits per heavy atom. The zero-order chi connectivity index (χ0) is 16.3. The molecule has 0 bridgehead atoms. The van der Waals surface area contributed by atoms with Crippen LogP contribution in [0.4, 0.5) is 0 Å². The van der Waals surface area contributed by atoms with Crippen molar-refractivity contribution in [2.75, 3.05) is 26.3 Å².